The molecular weight excluding hydrogens is 328 g/mol. The van der Waals surface area contributed by atoms with Gasteiger partial charge in [0.2, 0.25) is 0 Å². The number of benzene rings is 1. The van der Waals surface area contributed by atoms with E-state index in [0.717, 1.165) is 47.6 Å². The van der Waals surface area contributed by atoms with E-state index >= 15 is 0 Å². The number of hydrogen-bond acceptors (Lipinski definition) is 4. The van der Waals surface area contributed by atoms with Gasteiger partial charge in [-0.05, 0) is 47.2 Å². The molecule has 1 aromatic heterocycles. The molecule has 1 fully saturated rings. The number of aromatic nitrogens is 1. The molecule has 1 aliphatic heterocycles. The van der Waals surface area contributed by atoms with Crippen LogP contribution in [-0.2, 0) is 0 Å². The topological polar surface area (TPSA) is 45.4 Å². The van der Waals surface area contributed by atoms with Crippen LogP contribution in [0.25, 0.3) is 11.3 Å². The Morgan fingerprint density at radius 3 is 2.57 bits per heavy atom. The van der Waals surface area contributed by atoms with E-state index in [2.05, 4.69) is 49.9 Å². The van der Waals surface area contributed by atoms with Crippen molar-refractivity contribution >= 4 is 27.3 Å². The molecule has 4 nitrogen and oxygen atoms in total. The molecule has 0 unspecified atom stereocenters. The SMILES string of the molecule is CN1CCN(c2ccnc(-c3ccc(N)c(Br)c3)c2)CC1. The van der Waals surface area contributed by atoms with E-state index in [1.54, 1.807) is 0 Å². The van der Waals surface area contributed by atoms with E-state index < -0.39 is 0 Å². The highest BCUT2D eigenvalue weighted by Gasteiger charge is 2.15. The molecule has 0 amide bonds. The fourth-order valence-electron chi connectivity index (χ4n) is 2.53. The number of likely N-dealkylation sites (N-methyl/N-ethyl adjacent to an activating group) is 1. The third kappa shape index (κ3) is 3.19. The second kappa shape index (κ2) is 6.03. The molecule has 0 aliphatic carbocycles. The lowest BCUT2D eigenvalue weighted by atomic mass is 10.1. The summed E-state index contributed by atoms with van der Waals surface area (Å²) in [5.74, 6) is 0. The van der Waals surface area contributed by atoms with Crippen LogP contribution in [0.15, 0.2) is 41.0 Å². The van der Waals surface area contributed by atoms with Crippen molar-refractivity contribution in [2.24, 2.45) is 0 Å². The molecule has 1 aromatic carbocycles. The van der Waals surface area contributed by atoms with Crippen molar-refractivity contribution in [3.8, 4) is 11.3 Å². The summed E-state index contributed by atoms with van der Waals surface area (Å²) in [6.07, 6.45) is 1.88. The van der Waals surface area contributed by atoms with E-state index in [1.165, 1.54) is 5.69 Å². The molecule has 1 saturated heterocycles. The molecule has 21 heavy (non-hydrogen) atoms. The lowest BCUT2D eigenvalue weighted by molar-refractivity contribution is 0.313. The number of hydrogen-bond donors (Lipinski definition) is 1. The van der Waals surface area contributed by atoms with Gasteiger partial charge in [-0.1, -0.05) is 6.07 Å². The summed E-state index contributed by atoms with van der Waals surface area (Å²) in [5, 5.41) is 0. The van der Waals surface area contributed by atoms with Gasteiger partial charge in [0.15, 0.2) is 0 Å². The summed E-state index contributed by atoms with van der Waals surface area (Å²) >= 11 is 3.48. The summed E-state index contributed by atoms with van der Waals surface area (Å²) in [5.41, 5.74) is 9.88. The minimum atomic E-state index is 0.744. The molecular formula is C16H19BrN4. The third-order valence-corrected chi connectivity index (χ3v) is 4.59. The van der Waals surface area contributed by atoms with E-state index in [1.807, 2.05) is 24.4 Å². The lowest BCUT2D eigenvalue weighted by Gasteiger charge is -2.34. The van der Waals surface area contributed by atoms with Crippen LogP contribution in [0.3, 0.4) is 0 Å². The molecule has 5 heteroatoms. The van der Waals surface area contributed by atoms with Crippen LogP contribution in [0.1, 0.15) is 0 Å². The first kappa shape index (κ1) is 14.4. The van der Waals surface area contributed by atoms with Crippen LogP contribution in [-0.4, -0.2) is 43.1 Å². The Morgan fingerprint density at radius 2 is 1.86 bits per heavy atom. The number of rotatable bonds is 2. The number of anilines is 2. The van der Waals surface area contributed by atoms with E-state index in [-0.39, 0.29) is 0 Å². The summed E-state index contributed by atoms with van der Waals surface area (Å²) in [6.45, 7) is 4.33. The van der Waals surface area contributed by atoms with Gasteiger partial charge >= 0.3 is 0 Å². The Morgan fingerprint density at radius 1 is 1.10 bits per heavy atom. The summed E-state index contributed by atoms with van der Waals surface area (Å²) in [7, 11) is 2.17. The van der Waals surface area contributed by atoms with E-state index in [0.29, 0.717) is 0 Å². The number of pyridine rings is 1. The predicted octanol–water partition coefficient (Wildman–Crippen LogP) is 2.85. The van der Waals surface area contributed by atoms with E-state index in [9.17, 15) is 0 Å². The first-order chi connectivity index (χ1) is 10.1. The monoisotopic (exact) mass is 346 g/mol. The smallest absolute Gasteiger partial charge is 0.0722 e. The van der Waals surface area contributed by atoms with Gasteiger partial charge in [-0.3, -0.25) is 4.98 Å². The summed E-state index contributed by atoms with van der Waals surface area (Å²) < 4.78 is 0.909. The first-order valence-electron chi connectivity index (χ1n) is 7.08. The van der Waals surface area contributed by atoms with Gasteiger partial charge in [0, 0.05) is 53.8 Å². The van der Waals surface area contributed by atoms with Gasteiger partial charge < -0.3 is 15.5 Å². The Kier molecular flexibility index (Phi) is 4.12. The zero-order chi connectivity index (χ0) is 14.8. The summed E-state index contributed by atoms with van der Waals surface area (Å²) in [6, 6.07) is 10.2. The Hall–Kier alpha value is -1.59. The zero-order valence-electron chi connectivity index (χ0n) is 12.1. The quantitative estimate of drug-likeness (QED) is 0.849. The number of piperazine rings is 1. The Labute approximate surface area is 133 Å². The van der Waals surface area contributed by atoms with Gasteiger partial charge in [0.05, 0.1) is 5.69 Å². The van der Waals surface area contributed by atoms with Crippen LogP contribution in [0.5, 0.6) is 0 Å². The second-order valence-corrected chi connectivity index (χ2v) is 6.28. The molecule has 0 atom stereocenters. The van der Waals surface area contributed by atoms with Gasteiger partial charge in [-0.2, -0.15) is 0 Å². The molecule has 2 heterocycles. The largest absolute Gasteiger partial charge is 0.398 e. The molecule has 110 valence electrons. The molecule has 1 aliphatic rings. The highest BCUT2D eigenvalue weighted by Crippen LogP contribution is 2.28. The van der Waals surface area contributed by atoms with Crippen LogP contribution >= 0.6 is 15.9 Å². The van der Waals surface area contributed by atoms with E-state index in [4.69, 9.17) is 5.73 Å². The van der Waals surface area contributed by atoms with Crippen LogP contribution < -0.4 is 10.6 Å². The van der Waals surface area contributed by atoms with Crippen molar-refractivity contribution in [3.63, 3.8) is 0 Å². The van der Waals surface area contributed by atoms with Crippen LogP contribution in [0.2, 0.25) is 0 Å². The van der Waals surface area contributed by atoms with Gasteiger partial charge in [0.1, 0.15) is 0 Å². The lowest BCUT2D eigenvalue weighted by Crippen LogP contribution is -2.44. The minimum absolute atomic E-state index is 0.744. The van der Waals surface area contributed by atoms with Crippen molar-refractivity contribution < 1.29 is 0 Å². The van der Waals surface area contributed by atoms with Crippen LogP contribution in [0, 0.1) is 0 Å². The van der Waals surface area contributed by atoms with Gasteiger partial charge in [-0.15, -0.1) is 0 Å². The highest BCUT2D eigenvalue weighted by atomic mass is 79.9. The van der Waals surface area contributed by atoms with Crippen molar-refractivity contribution in [3.05, 3.63) is 41.0 Å². The number of halogens is 1. The maximum Gasteiger partial charge on any atom is 0.0722 e. The fourth-order valence-corrected chi connectivity index (χ4v) is 2.90. The molecule has 3 rings (SSSR count). The predicted molar refractivity (Wildman–Crippen MR) is 91.5 cm³/mol. The van der Waals surface area contributed by atoms with Crippen molar-refractivity contribution in [1.29, 1.82) is 0 Å². The fraction of sp³-hybridized carbons (Fsp3) is 0.312. The van der Waals surface area contributed by atoms with Crippen molar-refractivity contribution in [1.82, 2.24) is 9.88 Å². The van der Waals surface area contributed by atoms with Gasteiger partial charge in [-0.25, -0.2) is 0 Å². The minimum Gasteiger partial charge on any atom is -0.398 e. The van der Waals surface area contributed by atoms with Crippen LogP contribution in [0.4, 0.5) is 11.4 Å². The number of nitrogen functional groups attached to an aromatic ring is 1. The summed E-state index contributed by atoms with van der Waals surface area (Å²) in [4.78, 5) is 9.26. The average molecular weight is 347 g/mol. The standard InChI is InChI=1S/C16H19BrN4/c1-20-6-8-21(9-7-20)13-4-5-19-16(11-13)12-2-3-15(18)14(17)10-12/h2-5,10-11H,6-9,18H2,1H3. The zero-order valence-corrected chi connectivity index (χ0v) is 13.7. The number of nitrogens with two attached hydrogens (primary N) is 1. The highest BCUT2D eigenvalue weighted by molar-refractivity contribution is 9.10. The number of nitrogens with zero attached hydrogens (tertiary/aromatic N) is 3. The second-order valence-electron chi connectivity index (χ2n) is 5.43. The van der Waals surface area contributed by atoms with Gasteiger partial charge in [0.25, 0.3) is 0 Å². The molecule has 2 aromatic rings. The molecule has 0 radical (unpaired) electrons. The Balaban J connectivity index is 1.87. The molecule has 0 spiro atoms. The maximum absolute atomic E-state index is 5.85. The molecule has 0 saturated carbocycles. The Bertz CT molecular complexity index is 636. The van der Waals surface area contributed by atoms with Crippen molar-refractivity contribution in [2.45, 2.75) is 0 Å². The first-order valence-corrected chi connectivity index (χ1v) is 7.88. The van der Waals surface area contributed by atoms with Crippen molar-refractivity contribution in [2.75, 3.05) is 43.9 Å². The third-order valence-electron chi connectivity index (χ3n) is 3.91. The molecule has 0 bridgehead atoms. The average Bonchev–Trinajstić information content (AvgIpc) is 2.51. The maximum atomic E-state index is 5.85. The molecule has 2 N–H and O–H groups in total. The normalized spacial score (nSPS) is 16.2.